The van der Waals surface area contributed by atoms with E-state index in [1.165, 1.54) is 25.7 Å². The van der Waals surface area contributed by atoms with E-state index < -0.39 is 12.1 Å². The van der Waals surface area contributed by atoms with E-state index in [1.807, 2.05) is 28.8 Å². The van der Waals surface area contributed by atoms with Gasteiger partial charge in [-0.1, -0.05) is 31.7 Å². The summed E-state index contributed by atoms with van der Waals surface area (Å²) in [5.41, 5.74) is 2.40. The molecule has 0 aromatic carbocycles. The van der Waals surface area contributed by atoms with E-state index in [-0.39, 0.29) is 11.9 Å². The highest BCUT2D eigenvalue weighted by Gasteiger charge is 2.38. The van der Waals surface area contributed by atoms with E-state index in [4.69, 9.17) is 14.9 Å². The second kappa shape index (κ2) is 12.1. The molecule has 8 nitrogen and oxygen atoms in total. The number of likely N-dealkylation sites (N-methyl/N-ethyl adjacent to an activating group) is 1. The van der Waals surface area contributed by atoms with E-state index in [0.717, 1.165) is 42.8 Å². The second-order valence-electron chi connectivity index (χ2n) is 9.15. The first-order chi connectivity index (χ1) is 17.1. The lowest BCUT2D eigenvalue weighted by Gasteiger charge is -2.15. The summed E-state index contributed by atoms with van der Waals surface area (Å²) in [7, 11) is 4.15. The van der Waals surface area contributed by atoms with Gasteiger partial charge in [-0.3, -0.25) is 9.20 Å². The van der Waals surface area contributed by atoms with Gasteiger partial charge in [0.15, 0.2) is 5.69 Å². The summed E-state index contributed by atoms with van der Waals surface area (Å²) in [4.78, 5) is 28.9. The summed E-state index contributed by atoms with van der Waals surface area (Å²) >= 11 is 0. The minimum atomic E-state index is -5.08. The van der Waals surface area contributed by atoms with Gasteiger partial charge < -0.3 is 19.9 Å². The number of amides is 1. The number of carbonyl (C=O) groups is 2. The van der Waals surface area contributed by atoms with Crippen LogP contribution in [-0.2, 0) is 11.3 Å². The zero-order chi connectivity index (χ0) is 26.3. The molecule has 3 aromatic rings. The van der Waals surface area contributed by atoms with E-state index in [0.29, 0.717) is 5.69 Å². The van der Waals surface area contributed by atoms with Crippen LogP contribution in [0.1, 0.15) is 49.0 Å². The van der Waals surface area contributed by atoms with Crippen molar-refractivity contribution in [2.24, 2.45) is 0 Å². The maximum atomic E-state index is 13.1. The number of imidazole rings is 1. The first-order valence-electron chi connectivity index (χ1n) is 11.9. The number of pyridine rings is 1. The third kappa shape index (κ3) is 7.33. The van der Waals surface area contributed by atoms with Crippen LogP contribution in [0.15, 0.2) is 42.9 Å². The Hall–Kier alpha value is -3.34. The maximum absolute atomic E-state index is 13.1. The fourth-order valence-electron chi connectivity index (χ4n) is 4.11. The van der Waals surface area contributed by atoms with Crippen LogP contribution in [0.5, 0.6) is 0 Å². The average molecular weight is 508 g/mol. The Labute approximate surface area is 207 Å². The third-order valence-electron chi connectivity index (χ3n) is 6.01. The first-order valence-corrected chi connectivity index (χ1v) is 11.9. The number of nitrogens with one attached hydrogen (secondary N) is 1. The molecule has 36 heavy (non-hydrogen) atoms. The van der Waals surface area contributed by atoms with Crippen LogP contribution in [0.2, 0.25) is 0 Å². The van der Waals surface area contributed by atoms with E-state index in [9.17, 15) is 18.0 Å². The van der Waals surface area contributed by atoms with Crippen LogP contribution >= 0.6 is 0 Å². The van der Waals surface area contributed by atoms with Gasteiger partial charge in [-0.25, -0.2) is 9.78 Å². The first kappa shape index (κ1) is 27.3. The van der Waals surface area contributed by atoms with Crippen molar-refractivity contribution in [1.82, 2.24) is 24.2 Å². The number of aliphatic carboxylic acids is 1. The Morgan fingerprint density at radius 1 is 1.11 bits per heavy atom. The summed E-state index contributed by atoms with van der Waals surface area (Å²) in [5, 5.41) is 10.4. The van der Waals surface area contributed by atoms with Gasteiger partial charge in [0.05, 0.1) is 5.52 Å². The molecular formula is C25H32F3N5O3. The molecule has 1 saturated carbocycles. The van der Waals surface area contributed by atoms with Crippen molar-refractivity contribution in [1.29, 1.82) is 0 Å². The largest absolute Gasteiger partial charge is 0.490 e. The Balaban J connectivity index is 0.000000454. The van der Waals surface area contributed by atoms with Crippen molar-refractivity contribution in [3.8, 4) is 11.4 Å². The molecule has 196 valence electrons. The van der Waals surface area contributed by atoms with Crippen LogP contribution in [0.25, 0.3) is 16.9 Å². The van der Waals surface area contributed by atoms with Gasteiger partial charge >= 0.3 is 12.1 Å². The lowest BCUT2D eigenvalue weighted by molar-refractivity contribution is -0.192. The summed E-state index contributed by atoms with van der Waals surface area (Å²) in [6, 6.07) is 8.26. The van der Waals surface area contributed by atoms with Crippen molar-refractivity contribution < 1.29 is 27.9 Å². The molecule has 0 spiro atoms. The molecule has 1 aliphatic rings. The summed E-state index contributed by atoms with van der Waals surface area (Å²) in [6.45, 7) is 1.90. The fourth-order valence-corrected chi connectivity index (χ4v) is 4.11. The Morgan fingerprint density at radius 3 is 2.39 bits per heavy atom. The molecule has 11 heteroatoms. The van der Waals surface area contributed by atoms with Gasteiger partial charge in [-0.05, 0) is 45.1 Å². The van der Waals surface area contributed by atoms with Gasteiger partial charge in [0.2, 0.25) is 0 Å². The summed E-state index contributed by atoms with van der Waals surface area (Å²) in [6.07, 6.45) is 8.16. The minimum Gasteiger partial charge on any atom is -0.475 e. The van der Waals surface area contributed by atoms with E-state index in [2.05, 4.69) is 47.3 Å². The topological polar surface area (TPSA) is 91.9 Å². The minimum absolute atomic E-state index is 0.0566. The van der Waals surface area contributed by atoms with Crippen molar-refractivity contribution in [2.45, 2.75) is 57.3 Å². The zero-order valence-corrected chi connectivity index (χ0v) is 20.5. The number of aromatic nitrogens is 3. The Morgan fingerprint density at radius 2 is 1.78 bits per heavy atom. The lowest BCUT2D eigenvalue weighted by Crippen LogP contribution is -2.34. The van der Waals surface area contributed by atoms with E-state index >= 15 is 0 Å². The van der Waals surface area contributed by atoms with Crippen LogP contribution in [0.4, 0.5) is 13.2 Å². The number of fused-ring (bicyclic) bond motifs is 1. The monoisotopic (exact) mass is 507 g/mol. The quantitative estimate of drug-likeness (QED) is 0.481. The van der Waals surface area contributed by atoms with Crippen molar-refractivity contribution in [3.63, 3.8) is 0 Å². The molecular weight excluding hydrogens is 475 g/mol. The SMILES string of the molecule is CN(C)CCn1ccc(-c2nc(C(=O)NC3CCCCCC3)c3ccccn23)c1.O=C(O)C(F)(F)F. The highest BCUT2D eigenvalue weighted by molar-refractivity contribution is 6.00. The third-order valence-corrected chi connectivity index (χ3v) is 6.01. The molecule has 1 fully saturated rings. The number of carbonyl (C=O) groups excluding carboxylic acids is 1. The number of alkyl halides is 3. The molecule has 0 unspecified atom stereocenters. The summed E-state index contributed by atoms with van der Waals surface area (Å²) < 4.78 is 35.9. The molecule has 3 heterocycles. The highest BCUT2D eigenvalue weighted by atomic mass is 19.4. The van der Waals surface area contributed by atoms with Gasteiger partial charge in [0.25, 0.3) is 5.91 Å². The standard InChI is InChI=1S/C23H31N5O.C2HF3O2/c1-26(2)15-16-27-14-12-18(17-27)22-25-21(20-11-7-8-13-28(20)22)23(29)24-19-9-5-3-4-6-10-19;3-2(4,5)1(6)7/h7-8,11-14,17,19H,3-6,9-10,15-16H2,1-2H3,(H,24,29);(H,6,7). The predicted molar refractivity (Wildman–Crippen MR) is 130 cm³/mol. The molecule has 0 bridgehead atoms. The molecule has 0 saturated heterocycles. The van der Waals surface area contributed by atoms with Crippen molar-refractivity contribution in [3.05, 3.63) is 48.5 Å². The molecule has 4 rings (SSSR count). The van der Waals surface area contributed by atoms with Gasteiger partial charge in [0, 0.05) is 43.3 Å². The summed E-state index contributed by atoms with van der Waals surface area (Å²) in [5.74, 6) is -2.00. The lowest BCUT2D eigenvalue weighted by atomic mass is 10.1. The van der Waals surface area contributed by atoms with Gasteiger partial charge in [-0.2, -0.15) is 13.2 Å². The maximum Gasteiger partial charge on any atom is 0.490 e. The fraction of sp³-hybridized carbons (Fsp3) is 0.480. The van der Waals surface area contributed by atoms with Crippen LogP contribution in [-0.4, -0.2) is 68.7 Å². The second-order valence-corrected chi connectivity index (χ2v) is 9.15. The number of carboxylic acid groups (broad SMARTS) is 1. The van der Waals surface area contributed by atoms with Crippen LogP contribution in [0.3, 0.4) is 0 Å². The molecule has 1 aliphatic carbocycles. The molecule has 0 radical (unpaired) electrons. The average Bonchev–Trinajstić information content (AvgIpc) is 3.35. The normalized spacial score (nSPS) is 14.8. The number of nitrogens with zero attached hydrogens (tertiary/aromatic N) is 4. The van der Waals surface area contributed by atoms with Gasteiger partial charge in [-0.15, -0.1) is 0 Å². The Kier molecular flexibility index (Phi) is 9.14. The van der Waals surface area contributed by atoms with E-state index in [1.54, 1.807) is 0 Å². The van der Waals surface area contributed by atoms with Gasteiger partial charge in [0.1, 0.15) is 5.82 Å². The number of rotatable bonds is 6. The Bertz CT molecular complexity index is 1160. The molecule has 3 aromatic heterocycles. The molecule has 1 amide bonds. The van der Waals surface area contributed by atoms with Crippen molar-refractivity contribution >= 4 is 17.4 Å². The zero-order valence-electron chi connectivity index (χ0n) is 20.5. The number of hydrogen-bond acceptors (Lipinski definition) is 4. The van der Waals surface area contributed by atoms with Crippen LogP contribution in [0, 0.1) is 0 Å². The number of hydrogen-bond donors (Lipinski definition) is 2. The number of carboxylic acids is 1. The molecule has 0 aliphatic heterocycles. The van der Waals surface area contributed by atoms with Crippen molar-refractivity contribution in [2.75, 3.05) is 20.6 Å². The molecule has 0 atom stereocenters. The molecule has 2 N–H and O–H groups in total. The number of halogens is 3. The van der Waals surface area contributed by atoms with Crippen LogP contribution < -0.4 is 5.32 Å². The predicted octanol–water partition coefficient (Wildman–Crippen LogP) is 4.45. The highest BCUT2D eigenvalue weighted by Crippen LogP contribution is 2.24. The smallest absolute Gasteiger partial charge is 0.475 e.